The first-order valence-corrected chi connectivity index (χ1v) is 8.51. The van der Waals surface area contributed by atoms with Crippen molar-refractivity contribution in [3.63, 3.8) is 0 Å². The zero-order chi connectivity index (χ0) is 18.0. The third-order valence-corrected chi connectivity index (χ3v) is 4.46. The number of fused-ring (bicyclic) bond motifs is 1. The fourth-order valence-corrected chi connectivity index (χ4v) is 3.28. The summed E-state index contributed by atoms with van der Waals surface area (Å²) >= 11 is 6.21. The first-order chi connectivity index (χ1) is 12.0. The lowest BCUT2D eigenvalue weighted by atomic mass is 10.1. The Kier molecular flexibility index (Phi) is 4.95. The summed E-state index contributed by atoms with van der Waals surface area (Å²) in [5, 5.41) is 5.41. The lowest BCUT2D eigenvalue weighted by Gasteiger charge is -2.14. The van der Waals surface area contributed by atoms with Crippen LogP contribution < -0.4 is 10.1 Å². The molecule has 3 aromatic rings. The van der Waals surface area contributed by atoms with Crippen LogP contribution in [0.3, 0.4) is 0 Å². The Morgan fingerprint density at radius 1 is 1.00 bits per heavy atom. The van der Waals surface area contributed by atoms with Crippen molar-refractivity contribution in [2.24, 2.45) is 0 Å². The van der Waals surface area contributed by atoms with Gasteiger partial charge in [0.25, 0.3) is 5.91 Å². The predicted octanol–water partition coefficient (Wildman–Crippen LogP) is 5.44. The highest BCUT2D eigenvalue weighted by Crippen LogP contribution is 2.31. The second-order valence-electron chi connectivity index (χ2n) is 6.20. The molecule has 0 spiro atoms. The van der Waals surface area contributed by atoms with E-state index in [4.69, 9.17) is 16.3 Å². The van der Waals surface area contributed by atoms with Crippen molar-refractivity contribution < 1.29 is 9.53 Å². The van der Waals surface area contributed by atoms with Crippen LogP contribution in [-0.4, -0.2) is 12.5 Å². The molecule has 0 aliphatic carbocycles. The van der Waals surface area contributed by atoms with Gasteiger partial charge in [0.1, 0.15) is 5.75 Å². The first kappa shape index (κ1) is 17.3. The van der Waals surface area contributed by atoms with E-state index in [1.54, 1.807) is 12.1 Å². The van der Waals surface area contributed by atoms with Gasteiger partial charge in [-0.3, -0.25) is 4.79 Å². The maximum absolute atomic E-state index is 12.3. The molecular weight excluding hydrogens is 334 g/mol. The van der Waals surface area contributed by atoms with Gasteiger partial charge in [-0.15, -0.1) is 0 Å². The number of ether oxygens (including phenoxy) is 1. The van der Waals surface area contributed by atoms with Gasteiger partial charge < -0.3 is 10.1 Å². The lowest BCUT2D eigenvalue weighted by Crippen LogP contribution is -2.21. The van der Waals surface area contributed by atoms with Crippen molar-refractivity contribution in [3.8, 4) is 5.75 Å². The molecule has 0 saturated heterocycles. The number of halogens is 1. The molecule has 0 saturated carbocycles. The third-order valence-electron chi connectivity index (χ3n) is 4.13. The van der Waals surface area contributed by atoms with Gasteiger partial charge in [-0.1, -0.05) is 53.6 Å². The molecule has 0 aliphatic heterocycles. The van der Waals surface area contributed by atoms with Crippen LogP contribution in [0.5, 0.6) is 5.75 Å². The summed E-state index contributed by atoms with van der Waals surface area (Å²) in [5.41, 5.74) is 4.11. The maximum atomic E-state index is 12.3. The number of hydrogen-bond donors (Lipinski definition) is 1. The smallest absolute Gasteiger partial charge is 0.262 e. The van der Waals surface area contributed by atoms with Crippen molar-refractivity contribution in [2.75, 3.05) is 11.9 Å². The molecule has 0 radical (unpaired) electrons. The molecule has 0 unspecified atom stereocenters. The highest BCUT2D eigenvalue weighted by Gasteiger charge is 2.11. The molecule has 1 amide bonds. The Balaban J connectivity index is 1.75. The van der Waals surface area contributed by atoms with Crippen molar-refractivity contribution in [1.29, 1.82) is 0 Å². The third kappa shape index (κ3) is 3.77. The van der Waals surface area contributed by atoms with Gasteiger partial charge in [0, 0.05) is 21.5 Å². The molecule has 3 nitrogen and oxygen atoms in total. The topological polar surface area (TPSA) is 38.3 Å². The van der Waals surface area contributed by atoms with Gasteiger partial charge in [-0.2, -0.15) is 0 Å². The standard InChI is InChI=1S/C21H20ClNO2/c1-13-10-14(2)21(15(3)11-13)23-20(24)12-25-19-9-8-18(22)16-6-4-5-7-17(16)19/h4-11H,12H2,1-3H3,(H,23,24). The minimum Gasteiger partial charge on any atom is -0.483 e. The summed E-state index contributed by atoms with van der Waals surface area (Å²) in [7, 11) is 0. The van der Waals surface area contributed by atoms with Crippen LogP contribution in [0.15, 0.2) is 48.5 Å². The second-order valence-corrected chi connectivity index (χ2v) is 6.61. The number of rotatable bonds is 4. The molecule has 3 rings (SSSR count). The summed E-state index contributed by atoms with van der Waals surface area (Å²) in [6.07, 6.45) is 0. The van der Waals surface area contributed by atoms with Crippen LogP contribution >= 0.6 is 11.6 Å². The summed E-state index contributed by atoms with van der Waals surface area (Å²) in [5.74, 6) is 0.460. The predicted molar refractivity (Wildman–Crippen MR) is 104 cm³/mol. The molecule has 0 atom stereocenters. The number of carbonyl (C=O) groups excluding carboxylic acids is 1. The van der Waals surface area contributed by atoms with Crippen LogP contribution in [0.2, 0.25) is 5.02 Å². The highest BCUT2D eigenvalue weighted by molar-refractivity contribution is 6.35. The van der Waals surface area contributed by atoms with Crippen LogP contribution in [0.1, 0.15) is 16.7 Å². The summed E-state index contributed by atoms with van der Waals surface area (Å²) in [6.45, 7) is 5.96. The molecule has 0 heterocycles. The van der Waals surface area contributed by atoms with E-state index in [2.05, 4.69) is 17.4 Å². The van der Waals surface area contributed by atoms with E-state index in [1.807, 2.05) is 45.0 Å². The summed E-state index contributed by atoms with van der Waals surface area (Å²) in [4.78, 5) is 12.3. The summed E-state index contributed by atoms with van der Waals surface area (Å²) in [6, 6.07) is 15.4. The van der Waals surface area contributed by atoms with Crippen LogP contribution in [0, 0.1) is 20.8 Å². The Labute approximate surface area is 152 Å². The number of amides is 1. The second kappa shape index (κ2) is 7.16. The number of anilines is 1. The minimum atomic E-state index is -0.186. The van der Waals surface area contributed by atoms with E-state index in [1.165, 1.54) is 5.56 Å². The number of carbonyl (C=O) groups is 1. The molecular formula is C21H20ClNO2. The van der Waals surface area contributed by atoms with E-state index in [-0.39, 0.29) is 12.5 Å². The number of benzene rings is 3. The maximum Gasteiger partial charge on any atom is 0.262 e. The normalized spacial score (nSPS) is 10.7. The quantitative estimate of drug-likeness (QED) is 0.678. The molecule has 0 bridgehead atoms. The SMILES string of the molecule is Cc1cc(C)c(NC(=O)COc2ccc(Cl)c3ccccc23)c(C)c1. The molecule has 1 N–H and O–H groups in total. The average Bonchev–Trinajstić information content (AvgIpc) is 2.58. The first-order valence-electron chi connectivity index (χ1n) is 8.13. The molecule has 25 heavy (non-hydrogen) atoms. The summed E-state index contributed by atoms with van der Waals surface area (Å²) < 4.78 is 5.74. The number of aryl methyl sites for hydroxylation is 3. The van der Waals surface area contributed by atoms with Crippen LogP contribution in [0.25, 0.3) is 10.8 Å². The minimum absolute atomic E-state index is 0.0572. The molecule has 128 valence electrons. The van der Waals surface area contributed by atoms with E-state index < -0.39 is 0 Å². The highest BCUT2D eigenvalue weighted by atomic mass is 35.5. The van der Waals surface area contributed by atoms with Gasteiger partial charge in [0.2, 0.25) is 0 Å². The van der Waals surface area contributed by atoms with Crippen molar-refractivity contribution in [1.82, 2.24) is 0 Å². The Bertz CT molecular complexity index is 927. The van der Waals surface area contributed by atoms with E-state index in [9.17, 15) is 4.79 Å². The Morgan fingerprint density at radius 2 is 1.64 bits per heavy atom. The largest absolute Gasteiger partial charge is 0.483 e. The monoisotopic (exact) mass is 353 g/mol. The lowest BCUT2D eigenvalue weighted by molar-refractivity contribution is -0.118. The van der Waals surface area contributed by atoms with Gasteiger partial charge >= 0.3 is 0 Å². The molecule has 0 aromatic heterocycles. The van der Waals surface area contributed by atoms with E-state index in [0.717, 1.165) is 27.6 Å². The number of nitrogens with one attached hydrogen (secondary N) is 1. The molecule has 3 aromatic carbocycles. The van der Waals surface area contributed by atoms with Crippen LogP contribution in [0.4, 0.5) is 5.69 Å². The molecule has 4 heteroatoms. The van der Waals surface area contributed by atoms with E-state index >= 15 is 0 Å². The van der Waals surface area contributed by atoms with Crippen molar-refractivity contribution >= 4 is 34.0 Å². The Morgan fingerprint density at radius 3 is 2.32 bits per heavy atom. The average molecular weight is 354 g/mol. The molecule has 0 aliphatic rings. The molecule has 0 fully saturated rings. The fraction of sp³-hybridized carbons (Fsp3) is 0.190. The zero-order valence-corrected chi connectivity index (χ0v) is 15.3. The van der Waals surface area contributed by atoms with Gasteiger partial charge in [-0.25, -0.2) is 0 Å². The zero-order valence-electron chi connectivity index (χ0n) is 14.5. The fourth-order valence-electron chi connectivity index (χ4n) is 3.06. The van der Waals surface area contributed by atoms with Gasteiger partial charge in [0.05, 0.1) is 0 Å². The number of hydrogen-bond acceptors (Lipinski definition) is 2. The Hall–Kier alpha value is -2.52. The van der Waals surface area contributed by atoms with Crippen LogP contribution in [-0.2, 0) is 4.79 Å². The van der Waals surface area contributed by atoms with E-state index in [0.29, 0.717) is 10.8 Å². The van der Waals surface area contributed by atoms with Crippen molar-refractivity contribution in [3.05, 3.63) is 70.2 Å². The van der Waals surface area contributed by atoms with Crippen molar-refractivity contribution in [2.45, 2.75) is 20.8 Å². The van der Waals surface area contributed by atoms with Gasteiger partial charge in [-0.05, 0) is 44.0 Å². The van der Waals surface area contributed by atoms with Gasteiger partial charge in [0.15, 0.2) is 6.61 Å².